The molecule has 0 radical (unpaired) electrons. The first-order valence-corrected chi connectivity index (χ1v) is 6.12. The third-order valence-corrected chi connectivity index (χ3v) is 3.30. The maximum absolute atomic E-state index is 5.66. The summed E-state index contributed by atoms with van der Waals surface area (Å²) in [7, 11) is 0. The number of rotatable bonds is 4. The van der Waals surface area contributed by atoms with Crippen molar-refractivity contribution in [3.63, 3.8) is 0 Å². The Morgan fingerprint density at radius 3 is 2.88 bits per heavy atom. The number of benzene rings is 1. The highest BCUT2D eigenvalue weighted by Crippen LogP contribution is 2.19. The van der Waals surface area contributed by atoms with Crippen LogP contribution in [-0.2, 0) is 11.2 Å². The number of hydrogen-bond donors (Lipinski definition) is 2. The van der Waals surface area contributed by atoms with Crippen molar-refractivity contribution in [1.29, 1.82) is 0 Å². The third kappa shape index (κ3) is 3.08. The van der Waals surface area contributed by atoms with E-state index in [1.807, 2.05) is 6.26 Å². The summed E-state index contributed by atoms with van der Waals surface area (Å²) in [4.78, 5) is 0. The van der Waals surface area contributed by atoms with Crippen molar-refractivity contribution >= 4 is 0 Å². The lowest BCUT2D eigenvalue weighted by Crippen LogP contribution is -2.39. The molecule has 0 aliphatic carbocycles. The highest BCUT2D eigenvalue weighted by Gasteiger charge is 2.16. The van der Waals surface area contributed by atoms with E-state index < -0.39 is 0 Å². The van der Waals surface area contributed by atoms with Crippen LogP contribution in [0.15, 0.2) is 36.1 Å². The first-order chi connectivity index (χ1) is 8.31. The topological polar surface area (TPSA) is 47.3 Å². The van der Waals surface area contributed by atoms with E-state index in [0.29, 0.717) is 0 Å². The third-order valence-electron chi connectivity index (χ3n) is 3.30. The fraction of sp³-hybridized carbons (Fsp3) is 0.429. The number of hydrogen-bond acceptors (Lipinski definition) is 3. The maximum atomic E-state index is 5.66. The zero-order chi connectivity index (χ0) is 12.1. The minimum Gasteiger partial charge on any atom is -0.501 e. The Hall–Kier alpha value is -1.32. The van der Waals surface area contributed by atoms with Crippen molar-refractivity contribution in [2.75, 3.05) is 6.61 Å². The fourth-order valence-electron chi connectivity index (χ4n) is 2.20. The number of aryl methyl sites for hydroxylation is 1. The van der Waals surface area contributed by atoms with Crippen LogP contribution in [0.4, 0.5) is 0 Å². The summed E-state index contributed by atoms with van der Waals surface area (Å²) in [5.74, 6) is 5.66. The van der Waals surface area contributed by atoms with Gasteiger partial charge in [0, 0.05) is 6.04 Å². The molecular formula is C14H20N2O. The van der Waals surface area contributed by atoms with E-state index in [1.165, 1.54) is 16.7 Å². The lowest BCUT2D eigenvalue weighted by atomic mass is 9.94. The van der Waals surface area contributed by atoms with Crippen molar-refractivity contribution in [2.45, 2.75) is 32.2 Å². The van der Waals surface area contributed by atoms with Crippen LogP contribution in [0.25, 0.3) is 0 Å². The van der Waals surface area contributed by atoms with Crippen molar-refractivity contribution in [2.24, 2.45) is 5.84 Å². The Morgan fingerprint density at radius 1 is 1.41 bits per heavy atom. The van der Waals surface area contributed by atoms with Crippen molar-refractivity contribution in [3.05, 3.63) is 47.2 Å². The highest BCUT2D eigenvalue weighted by molar-refractivity contribution is 5.28. The highest BCUT2D eigenvalue weighted by atomic mass is 16.5. The summed E-state index contributed by atoms with van der Waals surface area (Å²) < 4.78 is 5.38. The first-order valence-electron chi connectivity index (χ1n) is 6.12. The van der Waals surface area contributed by atoms with Gasteiger partial charge in [-0.1, -0.05) is 24.3 Å². The Bertz CT molecular complexity index is 401. The van der Waals surface area contributed by atoms with Crippen LogP contribution >= 0.6 is 0 Å². The zero-order valence-electron chi connectivity index (χ0n) is 10.3. The van der Waals surface area contributed by atoms with Gasteiger partial charge >= 0.3 is 0 Å². The Labute approximate surface area is 103 Å². The molecule has 1 aromatic carbocycles. The van der Waals surface area contributed by atoms with Crippen LogP contribution in [0.2, 0.25) is 0 Å². The molecule has 2 rings (SSSR count). The molecule has 92 valence electrons. The van der Waals surface area contributed by atoms with Gasteiger partial charge in [0.05, 0.1) is 12.9 Å². The Balaban J connectivity index is 2.09. The summed E-state index contributed by atoms with van der Waals surface area (Å²) in [5, 5.41) is 0. The molecule has 0 saturated heterocycles. The summed E-state index contributed by atoms with van der Waals surface area (Å²) in [5.41, 5.74) is 6.81. The minimum atomic E-state index is 0.177. The summed E-state index contributed by atoms with van der Waals surface area (Å²) in [6, 6.07) is 8.60. The molecule has 3 N–H and O–H groups in total. The van der Waals surface area contributed by atoms with E-state index in [2.05, 4.69) is 36.6 Å². The van der Waals surface area contributed by atoms with E-state index in [1.54, 1.807) is 0 Å². The van der Waals surface area contributed by atoms with E-state index in [0.717, 1.165) is 25.9 Å². The smallest absolute Gasteiger partial charge is 0.0876 e. The SMILES string of the molecule is Cc1ccccc1CC(NN)C1=COCCC1. The predicted octanol–water partition coefficient (Wildman–Crippen LogP) is 2.06. The quantitative estimate of drug-likeness (QED) is 0.617. The Kier molecular flexibility index (Phi) is 4.18. The van der Waals surface area contributed by atoms with Crippen molar-refractivity contribution in [3.8, 4) is 0 Å². The molecule has 17 heavy (non-hydrogen) atoms. The van der Waals surface area contributed by atoms with Gasteiger partial charge in [-0.15, -0.1) is 0 Å². The molecule has 0 amide bonds. The van der Waals surface area contributed by atoms with Gasteiger partial charge < -0.3 is 4.74 Å². The van der Waals surface area contributed by atoms with E-state index >= 15 is 0 Å². The van der Waals surface area contributed by atoms with Crippen LogP contribution in [0, 0.1) is 6.92 Å². The number of hydrazine groups is 1. The second-order valence-corrected chi connectivity index (χ2v) is 4.52. The number of nitrogens with one attached hydrogen (secondary N) is 1. The normalized spacial score (nSPS) is 17.2. The molecule has 0 saturated carbocycles. The average molecular weight is 232 g/mol. The lowest BCUT2D eigenvalue weighted by molar-refractivity contribution is 0.219. The molecule has 0 fully saturated rings. The van der Waals surface area contributed by atoms with Crippen molar-refractivity contribution < 1.29 is 4.74 Å². The molecule has 0 bridgehead atoms. The van der Waals surface area contributed by atoms with Gasteiger partial charge in [0.15, 0.2) is 0 Å². The number of nitrogens with two attached hydrogens (primary N) is 1. The maximum Gasteiger partial charge on any atom is 0.0876 e. The summed E-state index contributed by atoms with van der Waals surface area (Å²) in [6.07, 6.45) is 4.93. The van der Waals surface area contributed by atoms with Gasteiger partial charge in [0.1, 0.15) is 0 Å². The van der Waals surface area contributed by atoms with Crippen LogP contribution in [-0.4, -0.2) is 12.6 Å². The molecular weight excluding hydrogens is 212 g/mol. The fourth-order valence-corrected chi connectivity index (χ4v) is 2.20. The molecule has 0 spiro atoms. The van der Waals surface area contributed by atoms with Gasteiger partial charge in [-0.2, -0.15) is 0 Å². The van der Waals surface area contributed by atoms with Gasteiger partial charge in [0.2, 0.25) is 0 Å². The molecule has 1 aliphatic heterocycles. The van der Waals surface area contributed by atoms with Crippen LogP contribution in [0.1, 0.15) is 24.0 Å². The lowest BCUT2D eigenvalue weighted by Gasteiger charge is -2.23. The second kappa shape index (κ2) is 5.84. The Morgan fingerprint density at radius 2 is 2.24 bits per heavy atom. The zero-order valence-corrected chi connectivity index (χ0v) is 10.3. The molecule has 1 heterocycles. The van der Waals surface area contributed by atoms with Crippen LogP contribution in [0.5, 0.6) is 0 Å². The predicted molar refractivity (Wildman–Crippen MR) is 69.3 cm³/mol. The molecule has 0 aromatic heterocycles. The minimum absolute atomic E-state index is 0.177. The molecule has 1 aromatic rings. The monoisotopic (exact) mass is 232 g/mol. The van der Waals surface area contributed by atoms with Crippen LogP contribution < -0.4 is 11.3 Å². The van der Waals surface area contributed by atoms with Gasteiger partial charge in [-0.05, 0) is 42.9 Å². The summed E-state index contributed by atoms with van der Waals surface area (Å²) >= 11 is 0. The molecule has 1 atom stereocenters. The number of ether oxygens (including phenoxy) is 1. The van der Waals surface area contributed by atoms with E-state index in [4.69, 9.17) is 10.6 Å². The molecule has 1 aliphatic rings. The summed E-state index contributed by atoms with van der Waals surface area (Å²) in [6.45, 7) is 2.96. The molecule has 1 unspecified atom stereocenters. The first kappa shape index (κ1) is 12.1. The van der Waals surface area contributed by atoms with Crippen molar-refractivity contribution in [1.82, 2.24) is 5.43 Å². The second-order valence-electron chi connectivity index (χ2n) is 4.52. The molecule has 3 heteroatoms. The van der Waals surface area contributed by atoms with Gasteiger partial charge in [-0.3, -0.25) is 11.3 Å². The van der Waals surface area contributed by atoms with E-state index in [-0.39, 0.29) is 6.04 Å². The standard InChI is InChI=1S/C14H20N2O/c1-11-5-2-3-6-12(11)9-14(16-15)13-7-4-8-17-10-13/h2-3,5-6,10,14,16H,4,7-9,15H2,1H3. The molecule has 3 nitrogen and oxygen atoms in total. The van der Waals surface area contributed by atoms with Gasteiger partial charge in [-0.25, -0.2) is 0 Å². The van der Waals surface area contributed by atoms with Crippen LogP contribution in [0.3, 0.4) is 0 Å². The largest absolute Gasteiger partial charge is 0.501 e. The van der Waals surface area contributed by atoms with Gasteiger partial charge in [0.25, 0.3) is 0 Å². The van der Waals surface area contributed by atoms with E-state index in [9.17, 15) is 0 Å². The average Bonchev–Trinajstić information content (AvgIpc) is 2.39.